The molecule has 1 aromatic heterocycles. The van der Waals surface area contributed by atoms with Gasteiger partial charge >= 0.3 is 5.97 Å². The second kappa shape index (κ2) is 7.48. The van der Waals surface area contributed by atoms with Crippen LogP contribution in [0.15, 0.2) is 30.6 Å². The normalized spacial score (nSPS) is 13.6. The first kappa shape index (κ1) is 17.2. The molecule has 8 heteroatoms. The van der Waals surface area contributed by atoms with Crippen LogP contribution in [0.1, 0.15) is 33.6 Å². The third-order valence-electron chi connectivity index (χ3n) is 3.92. The Balaban J connectivity index is 1.74. The van der Waals surface area contributed by atoms with Crippen LogP contribution in [0.4, 0.5) is 11.6 Å². The summed E-state index contributed by atoms with van der Waals surface area (Å²) < 4.78 is 4.66. The van der Waals surface area contributed by atoms with Crippen LogP contribution in [0.2, 0.25) is 5.02 Å². The molecule has 2 aromatic rings. The number of hydrogen-bond acceptors (Lipinski definition) is 6. The van der Waals surface area contributed by atoms with Crippen LogP contribution in [0, 0.1) is 0 Å². The van der Waals surface area contributed by atoms with E-state index in [0.717, 1.165) is 25.9 Å². The Hall–Kier alpha value is -2.67. The number of nitrogens with zero attached hydrogens (tertiary/aromatic N) is 3. The van der Waals surface area contributed by atoms with Crippen molar-refractivity contribution in [2.24, 2.45) is 0 Å². The molecule has 0 saturated carbocycles. The van der Waals surface area contributed by atoms with Crippen LogP contribution in [0.5, 0.6) is 0 Å². The minimum absolute atomic E-state index is 0.294. The summed E-state index contributed by atoms with van der Waals surface area (Å²) in [6.45, 7) is 1.86. The molecule has 0 radical (unpaired) electrons. The first-order chi connectivity index (χ1) is 12.1. The smallest absolute Gasteiger partial charge is 0.337 e. The van der Waals surface area contributed by atoms with E-state index in [4.69, 9.17) is 11.6 Å². The lowest BCUT2D eigenvalue weighted by molar-refractivity contribution is 0.0600. The molecule has 0 bridgehead atoms. The number of carbonyl (C=O) groups is 2. The van der Waals surface area contributed by atoms with E-state index in [9.17, 15) is 9.59 Å². The van der Waals surface area contributed by atoms with Crippen LogP contribution in [0.3, 0.4) is 0 Å². The highest BCUT2D eigenvalue weighted by Gasteiger charge is 2.16. The Morgan fingerprint density at radius 1 is 1.16 bits per heavy atom. The fraction of sp³-hybridized carbons (Fsp3) is 0.294. The molecule has 2 heterocycles. The predicted molar refractivity (Wildman–Crippen MR) is 94.2 cm³/mol. The van der Waals surface area contributed by atoms with E-state index >= 15 is 0 Å². The first-order valence-electron chi connectivity index (χ1n) is 7.84. The van der Waals surface area contributed by atoms with Gasteiger partial charge in [-0.2, -0.15) is 0 Å². The minimum Gasteiger partial charge on any atom is -0.465 e. The van der Waals surface area contributed by atoms with Crippen molar-refractivity contribution in [1.82, 2.24) is 9.97 Å². The minimum atomic E-state index is -0.509. The number of halogens is 1. The second-order valence-electron chi connectivity index (χ2n) is 5.61. The lowest BCUT2D eigenvalue weighted by Crippen LogP contribution is -2.21. The molecule has 1 fully saturated rings. The highest BCUT2D eigenvalue weighted by Crippen LogP contribution is 2.24. The summed E-state index contributed by atoms with van der Waals surface area (Å²) in [4.78, 5) is 34.5. The Bertz CT molecular complexity index is 789. The second-order valence-corrected chi connectivity index (χ2v) is 6.01. The zero-order chi connectivity index (χ0) is 17.8. The molecule has 0 atom stereocenters. The van der Waals surface area contributed by atoms with Crippen molar-refractivity contribution < 1.29 is 14.3 Å². The van der Waals surface area contributed by atoms with Gasteiger partial charge in [-0.3, -0.25) is 4.79 Å². The molecular formula is C17H17ClN4O3. The molecule has 7 nitrogen and oxygen atoms in total. The summed E-state index contributed by atoms with van der Waals surface area (Å²) in [5.74, 6) is -0.290. The standard InChI is InChI=1S/C17H17ClN4O3/c1-25-16(24)11-4-5-13(18)14(8-11)21-15(23)12-9-19-17(20-10-12)22-6-2-3-7-22/h4-5,8-10H,2-3,6-7H2,1H3,(H,21,23). The number of esters is 1. The van der Waals surface area contributed by atoms with Crippen LogP contribution in [-0.2, 0) is 4.74 Å². The van der Waals surface area contributed by atoms with Gasteiger partial charge in [0.05, 0.1) is 28.9 Å². The molecule has 1 aliphatic heterocycles. The Morgan fingerprint density at radius 2 is 1.84 bits per heavy atom. The molecule has 0 unspecified atom stereocenters. The van der Waals surface area contributed by atoms with E-state index in [1.165, 1.54) is 37.7 Å². The third kappa shape index (κ3) is 3.88. The lowest BCUT2D eigenvalue weighted by Gasteiger charge is -2.14. The van der Waals surface area contributed by atoms with Gasteiger partial charge < -0.3 is 15.0 Å². The number of ether oxygens (including phenoxy) is 1. The first-order valence-corrected chi connectivity index (χ1v) is 8.22. The van der Waals surface area contributed by atoms with E-state index in [2.05, 4.69) is 24.9 Å². The number of carbonyl (C=O) groups excluding carboxylic acids is 2. The fourth-order valence-electron chi connectivity index (χ4n) is 2.58. The maximum absolute atomic E-state index is 12.4. The van der Waals surface area contributed by atoms with Crippen molar-refractivity contribution in [2.75, 3.05) is 30.4 Å². The molecule has 25 heavy (non-hydrogen) atoms. The van der Waals surface area contributed by atoms with Gasteiger partial charge in [0.25, 0.3) is 5.91 Å². The van der Waals surface area contributed by atoms with Crippen molar-refractivity contribution in [3.8, 4) is 0 Å². The van der Waals surface area contributed by atoms with E-state index in [-0.39, 0.29) is 0 Å². The van der Waals surface area contributed by atoms with Gasteiger partial charge in [-0.25, -0.2) is 14.8 Å². The van der Waals surface area contributed by atoms with Crippen LogP contribution in [-0.4, -0.2) is 42.0 Å². The average Bonchev–Trinajstić information content (AvgIpc) is 3.17. The zero-order valence-corrected chi connectivity index (χ0v) is 14.4. The third-order valence-corrected chi connectivity index (χ3v) is 4.25. The molecule has 3 rings (SSSR count). The summed E-state index contributed by atoms with van der Waals surface area (Å²) in [6.07, 6.45) is 5.21. The summed E-state index contributed by atoms with van der Waals surface area (Å²) >= 11 is 6.08. The number of benzene rings is 1. The summed E-state index contributed by atoms with van der Waals surface area (Å²) in [5, 5.41) is 2.98. The number of amides is 1. The zero-order valence-electron chi connectivity index (χ0n) is 13.7. The quantitative estimate of drug-likeness (QED) is 0.844. The topological polar surface area (TPSA) is 84.4 Å². The summed E-state index contributed by atoms with van der Waals surface area (Å²) in [6, 6.07) is 4.51. The predicted octanol–water partition coefficient (Wildman–Crippen LogP) is 2.77. The molecule has 130 valence electrons. The molecule has 1 aromatic carbocycles. The van der Waals surface area contributed by atoms with Crippen molar-refractivity contribution in [3.05, 3.63) is 46.7 Å². The van der Waals surface area contributed by atoms with E-state index in [1.807, 2.05) is 0 Å². The number of rotatable bonds is 4. The van der Waals surface area contributed by atoms with Crippen molar-refractivity contribution in [1.29, 1.82) is 0 Å². The number of nitrogens with one attached hydrogen (secondary N) is 1. The van der Waals surface area contributed by atoms with Crippen LogP contribution >= 0.6 is 11.6 Å². The monoisotopic (exact) mass is 360 g/mol. The van der Waals surface area contributed by atoms with Gasteiger partial charge in [0, 0.05) is 25.5 Å². The number of methoxy groups -OCH3 is 1. The Morgan fingerprint density at radius 3 is 2.48 bits per heavy atom. The maximum atomic E-state index is 12.4. The largest absolute Gasteiger partial charge is 0.465 e. The van der Waals surface area contributed by atoms with Gasteiger partial charge in [0.2, 0.25) is 5.95 Å². The van der Waals surface area contributed by atoms with Crippen LogP contribution < -0.4 is 10.2 Å². The van der Waals surface area contributed by atoms with E-state index in [0.29, 0.717) is 27.8 Å². The van der Waals surface area contributed by atoms with Crippen LogP contribution in [0.25, 0.3) is 0 Å². The van der Waals surface area contributed by atoms with E-state index in [1.54, 1.807) is 0 Å². The SMILES string of the molecule is COC(=O)c1ccc(Cl)c(NC(=O)c2cnc(N3CCCC3)nc2)c1. The van der Waals surface area contributed by atoms with Crippen molar-refractivity contribution >= 4 is 35.1 Å². The highest BCUT2D eigenvalue weighted by atomic mass is 35.5. The average molecular weight is 361 g/mol. The van der Waals surface area contributed by atoms with Gasteiger partial charge in [-0.15, -0.1) is 0 Å². The molecule has 0 spiro atoms. The molecule has 1 aliphatic rings. The Labute approximate surface area is 150 Å². The molecule has 1 N–H and O–H groups in total. The molecule has 1 saturated heterocycles. The van der Waals surface area contributed by atoms with Crippen molar-refractivity contribution in [3.63, 3.8) is 0 Å². The number of aromatic nitrogens is 2. The molecule has 1 amide bonds. The van der Waals surface area contributed by atoms with Gasteiger partial charge in [0.15, 0.2) is 0 Å². The summed E-state index contributed by atoms with van der Waals surface area (Å²) in [5.41, 5.74) is 0.920. The molecule has 0 aliphatic carbocycles. The van der Waals surface area contributed by atoms with Gasteiger partial charge in [0.1, 0.15) is 0 Å². The van der Waals surface area contributed by atoms with E-state index < -0.39 is 11.9 Å². The Kier molecular flexibility index (Phi) is 5.14. The van der Waals surface area contributed by atoms with Crippen molar-refractivity contribution in [2.45, 2.75) is 12.8 Å². The summed E-state index contributed by atoms with van der Waals surface area (Å²) in [7, 11) is 1.29. The fourth-order valence-corrected chi connectivity index (χ4v) is 2.74. The highest BCUT2D eigenvalue weighted by molar-refractivity contribution is 6.34. The molecular weight excluding hydrogens is 344 g/mol. The maximum Gasteiger partial charge on any atom is 0.337 e. The van der Waals surface area contributed by atoms with Gasteiger partial charge in [-0.05, 0) is 31.0 Å². The lowest BCUT2D eigenvalue weighted by atomic mass is 10.2. The number of anilines is 2. The number of hydrogen-bond donors (Lipinski definition) is 1. The van der Waals surface area contributed by atoms with Gasteiger partial charge in [-0.1, -0.05) is 11.6 Å².